The number of aryl methyl sites for hydroxylation is 1. The minimum Gasteiger partial charge on any atom is -0.354 e. The van der Waals surface area contributed by atoms with Gasteiger partial charge in [-0.3, -0.25) is 0 Å². The SMILES string of the molecule is Cc1nnc(CN=C(NC2CC2)NC(C)c2cccc3ccccc23)n1C.I. The Morgan fingerprint density at radius 2 is 1.93 bits per heavy atom. The average Bonchev–Trinajstić information content (AvgIpc) is 3.44. The van der Waals surface area contributed by atoms with Crippen molar-refractivity contribution in [2.24, 2.45) is 12.0 Å². The zero-order valence-electron chi connectivity index (χ0n) is 16.5. The number of hydrogen-bond donors (Lipinski definition) is 2. The Labute approximate surface area is 182 Å². The lowest BCUT2D eigenvalue weighted by molar-refractivity contribution is 0.679. The number of fused-ring (bicyclic) bond motifs is 1. The summed E-state index contributed by atoms with van der Waals surface area (Å²) in [5.41, 5.74) is 1.27. The van der Waals surface area contributed by atoms with Crippen molar-refractivity contribution in [3.63, 3.8) is 0 Å². The highest BCUT2D eigenvalue weighted by Gasteiger charge is 2.23. The van der Waals surface area contributed by atoms with Gasteiger partial charge >= 0.3 is 0 Å². The quantitative estimate of drug-likeness (QED) is 0.324. The molecule has 0 saturated heterocycles. The van der Waals surface area contributed by atoms with E-state index in [2.05, 4.69) is 70.2 Å². The highest BCUT2D eigenvalue weighted by atomic mass is 127. The van der Waals surface area contributed by atoms with E-state index in [-0.39, 0.29) is 30.0 Å². The van der Waals surface area contributed by atoms with Gasteiger partial charge in [0.2, 0.25) is 0 Å². The lowest BCUT2D eigenvalue weighted by Crippen LogP contribution is -2.40. The Hall–Kier alpha value is -2.16. The van der Waals surface area contributed by atoms with Crippen LogP contribution in [0.15, 0.2) is 47.5 Å². The van der Waals surface area contributed by atoms with E-state index in [1.54, 1.807) is 0 Å². The lowest BCUT2D eigenvalue weighted by Gasteiger charge is -2.20. The summed E-state index contributed by atoms with van der Waals surface area (Å²) in [5.74, 6) is 2.59. The molecule has 6 nitrogen and oxygen atoms in total. The maximum Gasteiger partial charge on any atom is 0.192 e. The first-order chi connectivity index (χ1) is 13.1. The number of halogens is 1. The minimum absolute atomic E-state index is 0. The van der Waals surface area contributed by atoms with Gasteiger partial charge in [0, 0.05) is 13.1 Å². The first kappa shape index (κ1) is 20.6. The lowest BCUT2D eigenvalue weighted by atomic mass is 10.00. The molecule has 3 aromatic rings. The monoisotopic (exact) mass is 490 g/mol. The number of rotatable bonds is 5. The molecule has 1 fully saturated rings. The summed E-state index contributed by atoms with van der Waals surface area (Å²) in [5, 5.41) is 17.9. The number of hydrogen-bond acceptors (Lipinski definition) is 3. The van der Waals surface area contributed by atoms with E-state index in [1.807, 2.05) is 18.5 Å². The zero-order valence-corrected chi connectivity index (χ0v) is 18.8. The van der Waals surface area contributed by atoms with E-state index >= 15 is 0 Å². The van der Waals surface area contributed by atoms with Gasteiger partial charge in [-0.1, -0.05) is 42.5 Å². The van der Waals surface area contributed by atoms with Crippen molar-refractivity contribution in [3.8, 4) is 0 Å². The van der Waals surface area contributed by atoms with Crippen LogP contribution in [0.4, 0.5) is 0 Å². The van der Waals surface area contributed by atoms with Crippen molar-refractivity contribution in [3.05, 3.63) is 59.7 Å². The van der Waals surface area contributed by atoms with Crippen LogP contribution in [-0.2, 0) is 13.6 Å². The molecule has 28 heavy (non-hydrogen) atoms. The van der Waals surface area contributed by atoms with Crippen LogP contribution in [0.3, 0.4) is 0 Å². The third kappa shape index (κ3) is 4.63. The van der Waals surface area contributed by atoms with Gasteiger partial charge in [0.1, 0.15) is 12.4 Å². The topological polar surface area (TPSA) is 67.1 Å². The van der Waals surface area contributed by atoms with Crippen LogP contribution in [0.1, 0.15) is 43.0 Å². The van der Waals surface area contributed by atoms with Crippen LogP contribution in [0, 0.1) is 6.92 Å². The van der Waals surface area contributed by atoms with Crippen molar-refractivity contribution >= 4 is 40.7 Å². The van der Waals surface area contributed by atoms with Crippen molar-refractivity contribution in [1.82, 2.24) is 25.4 Å². The molecule has 1 atom stereocenters. The first-order valence-corrected chi connectivity index (χ1v) is 9.52. The molecule has 7 heteroatoms. The molecule has 2 N–H and O–H groups in total. The van der Waals surface area contributed by atoms with Gasteiger partial charge in [-0.05, 0) is 43.0 Å². The second-order valence-corrected chi connectivity index (χ2v) is 7.24. The van der Waals surface area contributed by atoms with E-state index in [0.29, 0.717) is 12.6 Å². The number of aliphatic imine (C=N–C) groups is 1. The summed E-state index contributed by atoms with van der Waals surface area (Å²) in [7, 11) is 1.97. The molecule has 0 amide bonds. The molecule has 2 aromatic carbocycles. The van der Waals surface area contributed by atoms with Crippen LogP contribution in [-0.4, -0.2) is 26.8 Å². The molecule has 1 aromatic heterocycles. The fraction of sp³-hybridized carbons (Fsp3) is 0.381. The van der Waals surface area contributed by atoms with Gasteiger partial charge in [-0.15, -0.1) is 34.2 Å². The Balaban J connectivity index is 0.00000225. The fourth-order valence-electron chi connectivity index (χ4n) is 3.20. The van der Waals surface area contributed by atoms with E-state index < -0.39 is 0 Å². The number of guanidine groups is 1. The molecule has 0 bridgehead atoms. The Morgan fingerprint density at radius 3 is 2.64 bits per heavy atom. The molecular weight excluding hydrogens is 463 g/mol. The fourth-order valence-corrected chi connectivity index (χ4v) is 3.20. The Bertz CT molecular complexity index is 971. The van der Waals surface area contributed by atoms with Gasteiger partial charge in [-0.2, -0.15) is 0 Å². The largest absolute Gasteiger partial charge is 0.354 e. The van der Waals surface area contributed by atoms with Gasteiger partial charge in [0.15, 0.2) is 11.8 Å². The smallest absolute Gasteiger partial charge is 0.192 e. The van der Waals surface area contributed by atoms with E-state index in [0.717, 1.165) is 17.6 Å². The van der Waals surface area contributed by atoms with Crippen molar-refractivity contribution in [2.45, 2.75) is 45.3 Å². The number of benzene rings is 2. The summed E-state index contributed by atoms with van der Waals surface area (Å²) in [4.78, 5) is 4.76. The summed E-state index contributed by atoms with van der Waals surface area (Å²) in [6.07, 6.45) is 2.40. The number of nitrogens with zero attached hydrogens (tertiary/aromatic N) is 4. The minimum atomic E-state index is 0. The van der Waals surface area contributed by atoms with Crippen LogP contribution >= 0.6 is 24.0 Å². The third-order valence-corrected chi connectivity index (χ3v) is 5.12. The predicted octanol–water partition coefficient (Wildman–Crippen LogP) is 3.85. The molecule has 1 aliphatic carbocycles. The summed E-state index contributed by atoms with van der Waals surface area (Å²) >= 11 is 0. The number of nitrogens with one attached hydrogen (secondary N) is 2. The van der Waals surface area contributed by atoms with Crippen molar-refractivity contribution in [2.75, 3.05) is 0 Å². The van der Waals surface area contributed by atoms with Gasteiger partial charge in [-0.25, -0.2) is 4.99 Å². The summed E-state index contributed by atoms with van der Waals surface area (Å²) in [6, 6.07) is 15.6. The molecule has 0 radical (unpaired) electrons. The molecule has 148 valence electrons. The molecule has 1 heterocycles. The molecule has 0 aliphatic heterocycles. The van der Waals surface area contributed by atoms with Gasteiger partial charge < -0.3 is 15.2 Å². The van der Waals surface area contributed by atoms with Gasteiger partial charge in [0.25, 0.3) is 0 Å². The highest BCUT2D eigenvalue weighted by molar-refractivity contribution is 14.0. The maximum absolute atomic E-state index is 4.76. The molecule has 1 aliphatic rings. The number of aromatic nitrogens is 3. The Morgan fingerprint density at radius 1 is 1.18 bits per heavy atom. The normalized spacial score (nSPS) is 15.2. The zero-order chi connectivity index (χ0) is 18.8. The first-order valence-electron chi connectivity index (χ1n) is 9.52. The standard InChI is InChI=1S/C21H26N6.HI/c1-14(18-10-6-8-16-7-4-5-9-19(16)18)23-21(24-17-11-12-17)22-13-20-26-25-15(2)27(20)3;/h4-10,14,17H,11-13H2,1-3H3,(H2,22,23,24);1H. The molecule has 4 rings (SSSR count). The van der Waals surface area contributed by atoms with Gasteiger partial charge in [0.05, 0.1) is 6.04 Å². The molecule has 1 saturated carbocycles. The van der Waals surface area contributed by atoms with Crippen LogP contribution < -0.4 is 10.6 Å². The summed E-state index contributed by atoms with van der Waals surface area (Å²) in [6.45, 7) is 4.63. The van der Waals surface area contributed by atoms with Crippen LogP contribution in [0.2, 0.25) is 0 Å². The van der Waals surface area contributed by atoms with E-state index in [1.165, 1.54) is 29.2 Å². The van der Waals surface area contributed by atoms with Crippen molar-refractivity contribution in [1.29, 1.82) is 0 Å². The third-order valence-electron chi connectivity index (χ3n) is 5.12. The second kappa shape index (κ2) is 8.89. The molecule has 1 unspecified atom stereocenters. The second-order valence-electron chi connectivity index (χ2n) is 7.24. The predicted molar refractivity (Wildman–Crippen MR) is 124 cm³/mol. The maximum atomic E-state index is 4.76. The van der Waals surface area contributed by atoms with Crippen molar-refractivity contribution < 1.29 is 0 Å². The van der Waals surface area contributed by atoms with Crippen LogP contribution in [0.5, 0.6) is 0 Å². The Kier molecular flexibility index (Phi) is 6.53. The summed E-state index contributed by atoms with van der Waals surface area (Å²) < 4.78 is 1.98. The van der Waals surface area contributed by atoms with Crippen LogP contribution in [0.25, 0.3) is 10.8 Å². The molecular formula is C21H27IN6. The van der Waals surface area contributed by atoms with E-state index in [9.17, 15) is 0 Å². The average molecular weight is 490 g/mol. The molecule has 0 spiro atoms. The van der Waals surface area contributed by atoms with E-state index in [4.69, 9.17) is 4.99 Å². The highest BCUT2D eigenvalue weighted by Crippen LogP contribution is 2.24.